The van der Waals surface area contributed by atoms with E-state index in [1.165, 1.54) is 6.92 Å². The minimum absolute atomic E-state index is 0.166. The van der Waals surface area contributed by atoms with Crippen LogP contribution in [0.3, 0.4) is 0 Å². The fourth-order valence-corrected chi connectivity index (χ4v) is 1.20. The van der Waals surface area contributed by atoms with Gasteiger partial charge in [-0.3, -0.25) is 4.79 Å². The molecule has 1 atom stereocenters. The van der Waals surface area contributed by atoms with Crippen molar-refractivity contribution in [3.8, 4) is 0 Å². The summed E-state index contributed by atoms with van der Waals surface area (Å²) < 4.78 is 5.00. The van der Waals surface area contributed by atoms with Crippen LogP contribution in [-0.4, -0.2) is 29.6 Å². The zero-order chi connectivity index (χ0) is 12.7. The first-order valence-electron chi connectivity index (χ1n) is 5.24. The highest BCUT2D eigenvalue weighted by atomic mass is 16.5. The lowest BCUT2D eigenvalue weighted by Gasteiger charge is -2.12. The average molecular weight is 237 g/mol. The summed E-state index contributed by atoms with van der Waals surface area (Å²) in [6.07, 6.45) is 0. The van der Waals surface area contributed by atoms with Crippen molar-refractivity contribution in [2.45, 2.75) is 19.6 Å². The van der Waals surface area contributed by atoms with Crippen LogP contribution in [0.2, 0.25) is 0 Å². The first-order valence-corrected chi connectivity index (χ1v) is 5.24. The number of nitrogens with one attached hydrogen (secondary N) is 1. The zero-order valence-corrected chi connectivity index (χ0v) is 9.55. The van der Waals surface area contributed by atoms with Gasteiger partial charge >= 0.3 is 5.97 Å². The lowest BCUT2D eigenvalue weighted by molar-refractivity contribution is -0.148. The minimum atomic E-state index is -0.765. The second-order valence-electron chi connectivity index (χ2n) is 3.54. The fraction of sp³-hybridized carbons (Fsp3) is 0.333. The van der Waals surface area contributed by atoms with Crippen LogP contribution in [0, 0.1) is 0 Å². The second kappa shape index (κ2) is 6.65. The molecule has 0 fully saturated rings. The Balaban J connectivity index is 2.37. The van der Waals surface area contributed by atoms with Gasteiger partial charge in [-0.05, 0) is 12.5 Å². The van der Waals surface area contributed by atoms with Gasteiger partial charge in [-0.25, -0.2) is 4.79 Å². The van der Waals surface area contributed by atoms with E-state index in [4.69, 9.17) is 9.84 Å². The molecule has 0 bridgehead atoms. The molecule has 5 heteroatoms. The number of aliphatic hydroxyl groups excluding tert-OH is 1. The molecule has 0 aliphatic rings. The third-order valence-electron chi connectivity index (χ3n) is 2.10. The molecule has 1 unspecified atom stereocenters. The van der Waals surface area contributed by atoms with Crippen LogP contribution in [0.25, 0.3) is 0 Å². The Morgan fingerprint density at radius 1 is 1.35 bits per heavy atom. The molecule has 0 aromatic heterocycles. The lowest BCUT2D eigenvalue weighted by Crippen LogP contribution is -2.40. The normalized spacial score (nSPS) is 11.6. The molecule has 2 N–H and O–H groups in total. The highest BCUT2D eigenvalue weighted by Crippen LogP contribution is 2.01. The van der Waals surface area contributed by atoms with Crippen molar-refractivity contribution in [2.24, 2.45) is 0 Å². The van der Waals surface area contributed by atoms with E-state index in [9.17, 15) is 9.59 Å². The molecular formula is C12H15NO4. The molecule has 0 saturated heterocycles. The van der Waals surface area contributed by atoms with Gasteiger partial charge in [-0.1, -0.05) is 30.3 Å². The third kappa shape index (κ3) is 4.65. The van der Waals surface area contributed by atoms with Gasteiger partial charge in [-0.15, -0.1) is 0 Å². The Morgan fingerprint density at radius 2 is 2.00 bits per heavy atom. The highest BCUT2D eigenvalue weighted by molar-refractivity contribution is 5.84. The van der Waals surface area contributed by atoms with Crippen molar-refractivity contribution in [1.29, 1.82) is 0 Å². The van der Waals surface area contributed by atoms with Gasteiger partial charge in [0.25, 0.3) is 0 Å². The summed E-state index contributed by atoms with van der Waals surface area (Å²) in [5.41, 5.74) is 0.876. The van der Waals surface area contributed by atoms with Crippen LogP contribution < -0.4 is 5.32 Å². The van der Waals surface area contributed by atoms with Gasteiger partial charge in [0.15, 0.2) is 0 Å². The summed E-state index contributed by atoms with van der Waals surface area (Å²) >= 11 is 0. The van der Waals surface area contributed by atoms with Crippen molar-refractivity contribution in [1.82, 2.24) is 5.32 Å². The van der Waals surface area contributed by atoms with E-state index in [0.29, 0.717) is 0 Å². The number of amides is 1. The van der Waals surface area contributed by atoms with E-state index in [-0.39, 0.29) is 6.61 Å². The number of benzene rings is 1. The fourth-order valence-electron chi connectivity index (χ4n) is 1.20. The summed E-state index contributed by atoms with van der Waals surface area (Å²) in [6.45, 7) is 1.02. The smallest absolute Gasteiger partial charge is 0.328 e. The lowest BCUT2D eigenvalue weighted by atomic mass is 10.2. The monoisotopic (exact) mass is 237 g/mol. The van der Waals surface area contributed by atoms with Crippen LogP contribution in [0.1, 0.15) is 12.5 Å². The predicted molar refractivity (Wildman–Crippen MR) is 60.9 cm³/mol. The van der Waals surface area contributed by atoms with Crippen molar-refractivity contribution < 1.29 is 19.4 Å². The largest absolute Gasteiger partial charge is 0.459 e. The van der Waals surface area contributed by atoms with Gasteiger partial charge in [0.2, 0.25) is 5.91 Å². The van der Waals surface area contributed by atoms with Gasteiger partial charge in [0.05, 0.1) is 0 Å². The maximum absolute atomic E-state index is 11.4. The molecule has 0 heterocycles. The second-order valence-corrected chi connectivity index (χ2v) is 3.54. The summed E-state index contributed by atoms with van der Waals surface area (Å²) in [5, 5.41) is 10.8. The average Bonchev–Trinajstić information content (AvgIpc) is 2.36. The number of aliphatic hydroxyl groups is 1. The molecule has 0 aliphatic carbocycles. The number of hydrogen-bond acceptors (Lipinski definition) is 4. The predicted octanol–water partition coefficient (Wildman–Crippen LogP) is 0.227. The van der Waals surface area contributed by atoms with Crippen molar-refractivity contribution >= 4 is 11.9 Å². The van der Waals surface area contributed by atoms with Crippen LogP contribution in [0.4, 0.5) is 0 Å². The number of rotatable bonds is 5. The molecule has 5 nitrogen and oxygen atoms in total. The first kappa shape index (κ1) is 13.2. The molecule has 0 aliphatic heterocycles. The summed E-state index contributed by atoms with van der Waals surface area (Å²) in [5.74, 6) is -1.13. The molecule has 0 spiro atoms. The Kier molecular flexibility index (Phi) is 5.16. The number of ether oxygens (including phenoxy) is 1. The topological polar surface area (TPSA) is 75.6 Å². The Morgan fingerprint density at radius 3 is 2.59 bits per heavy atom. The molecule has 1 rings (SSSR count). The Labute approximate surface area is 99.4 Å². The van der Waals surface area contributed by atoms with Crippen LogP contribution >= 0.6 is 0 Å². The Bertz CT molecular complexity index is 377. The minimum Gasteiger partial charge on any atom is -0.459 e. The van der Waals surface area contributed by atoms with Crippen molar-refractivity contribution in [3.05, 3.63) is 35.9 Å². The zero-order valence-electron chi connectivity index (χ0n) is 9.55. The third-order valence-corrected chi connectivity index (χ3v) is 2.10. The van der Waals surface area contributed by atoms with Gasteiger partial charge in [0, 0.05) is 0 Å². The molecule has 1 aromatic rings. The Hall–Kier alpha value is -1.88. The molecule has 17 heavy (non-hydrogen) atoms. The summed E-state index contributed by atoms with van der Waals surface area (Å²) in [7, 11) is 0. The van der Waals surface area contributed by atoms with Gasteiger partial charge in [0.1, 0.15) is 19.3 Å². The van der Waals surface area contributed by atoms with Crippen LogP contribution in [0.15, 0.2) is 30.3 Å². The van der Waals surface area contributed by atoms with E-state index in [2.05, 4.69) is 5.32 Å². The van der Waals surface area contributed by atoms with Crippen molar-refractivity contribution in [3.63, 3.8) is 0 Å². The molecular weight excluding hydrogens is 222 g/mol. The van der Waals surface area contributed by atoms with E-state index >= 15 is 0 Å². The molecule has 1 aromatic carbocycles. The number of carbonyl (C=O) groups excluding carboxylic acids is 2. The maximum atomic E-state index is 11.4. The van der Waals surface area contributed by atoms with Crippen LogP contribution in [0.5, 0.6) is 0 Å². The standard InChI is InChI=1S/C12H15NO4/c1-9(13-11(15)7-14)12(16)17-8-10-5-3-2-4-6-10/h2-6,9,14H,7-8H2,1H3,(H,13,15). The number of carbonyl (C=O) groups is 2. The summed E-state index contributed by atoms with van der Waals surface area (Å²) in [4.78, 5) is 22.3. The molecule has 1 amide bonds. The van der Waals surface area contributed by atoms with Gasteiger partial charge < -0.3 is 15.2 Å². The summed E-state index contributed by atoms with van der Waals surface area (Å²) in [6, 6.07) is 8.47. The van der Waals surface area contributed by atoms with Crippen LogP contribution in [-0.2, 0) is 20.9 Å². The number of esters is 1. The van der Waals surface area contributed by atoms with E-state index in [1.807, 2.05) is 30.3 Å². The quantitative estimate of drug-likeness (QED) is 0.719. The van der Waals surface area contributed by atoms with Gasteiger partial charge in [-0.2, -0.15) is 0 Å². The molecule has 0 radical (unpaired) electrons. The molecule has 92 valence electrons. The highest BCUT2D eigenvalue weighted by Gasteiger charge is 2.16. The maximum Gasteiger partial charge on any atom is 0.328 e. The SMILES string of the molecule is CC(NC(=O)CO)C(=O)OCc1ccccc1. The van der Waals surface area contributed by atoms with Crippen molar-refractivity contribution in [2.75, 3.05) is 6.61 Å². The van der Waals surface area contributed by atoms with E-state index in [0.717, 1.165) is 5.56 Å². The van der Waals surface area contributed by atoms with E-state index < -0.39 is 24.5 Å². The first-order chi connectivity index (χ1) is 8.13. The number of hydrogen-bond donors (Lipinski definition) is 2. The van der Waals surface area contributed by atoms with E-state index in [1.54, 1.807) is 0 Å². The molecule has 0 saturated carbocycles.